The van der Waals surface area contributed by atoms with E-state index < -0.39 is 4.75 Å². The lowest BCUT2D eigenvalue weighted by molar-refractivity contribution is -0.145. The molecule has 4 nitrogen and oxygen atoms in total. The van der Waals surface area contributed by atoms with Gasteiger partial charge in [-0.2, -0.15) is 0 Å². The van der Waals surface area contributed by atoms with E-state index in [1.54, 1.807) is 20.2 Å². The molecule has 0 aliphatic carbocycles. The van der Waals surface area contributed by atoms with Crippen molar-refractivity contribution in [1.29, 1.82) is 0 Å². The minimum atomic E-state index is -0.694. The predicted octanol–water partition coefficient (Wildman–Crippen LogP) is 3.68. The molecule has 112 valence electrons. The Labute approximate surface area is 128 Å². The number of methoxy groups -OCH3 is 1. The molecule has 2 aromatic rings. The first-order chi connectivity index (χ1) is 9.99. The Morgan fingerprint density at radius 3 is 2.71 bits per heavy atom. The van der Waals surface area contributed by atoms with Gasteiger partial charge in [0.05, 0.1) is 13.7 Å². The summed E-state index contributed by atoms with van der Waals surface area (Å²) in [5, 5.41) is 2.75. The number of pyridine rings is 1. The molecular formula is C16H19NO3S. The molecule has 0 unspecified atom stereocenters. The van der Waals surface area contributed by atoms with Gasteiger partial charge >= 0.3 is 5.97 Å². The third kappa shape index (κ3) is 3.29. The summed E-state index contributed by atoms with van der Waals surface area (Å²) in [7, 11) is 1.64. The quantitative estimate of drug-likeness (QED) is 0.623. The number of nitrogens with zero attached hydrogens (tertiary/aromatic N) is 1. The molecule has 0 aliphatic rings. The predicted molar refractivity (Wildman–Crippen MR) is 84.9 cm³/mol. The Balaban J connectivity index is 2.41. The number of benzene rings is 1. The molecule has 0 aliphatic heterocycles. The number of carbonyl (C=O) groups excluding carboxylic acids is 1. The second-order valence-electron chi connectivity index (χ2n) is 5.00. The highest BCUT2D eigenvalue weighted by Crippen LogP contribution is 2.38. The molecule has 0 bridgehead atoms. The summed E-state index contributed by atoms with van der Waals surface area (Å²) in [4.78, 5) is 16.4. The van der Waals surface area contributed by atoms with Gasteiger partial charge in [-0.05, 0) is 32.9 Å². The molecule has 5 heteroatoms. The number of hydrogen-bond donors (Lipinski definition) is 0. The van der Waals surface area contributed by atoms with Crippen LogP contribution in [0.1, 0.15) is 20.8 Å². The van der Waals surface area contributed by atoms with Gasteiger partial charge in [-0.3, -0.25) is 4.79 Å². The molecule has 0 spiro atoms. The first kappa shape index (κ1) is 15.6. The van der Waals surface area contributed by atoms with Crippen molar-refractivity contribution in [2.75, 3.05) is 13.7 Å². The summed E-state index contributed by atoms with van der Waals surface area (Å²) in [5.74, 6) is 0.558. The lowest BCUT2D eigenvalue weighted by Crippen LogP contribution is -2.30. The third-order valence-electron chi connectivity index (χ3n) is 3.07. The monoisotopic (exact) mass is 305 g/mol. The molecule has 0 N–H and O–H groups in total. The second-order valence-corrected chi connectivity index (χ2v) is 6.62. The van der Waals surface area contributed by atoms with Gasteiger partial charge in [0.1, 0.15) is 15.5 Å². The van der Waals surface area contributed by atoms with E-state index in [0.29, 0.717) is 6.61 Å². The van der Waals surface area contributed by atoms with Crippen LogP contribution in [0.2, 0.25) is 0 Å². The number of rotatable bonds is 5. The van der Waals surface area contributed by atoms with E-state index in [9.17, 15) is 4.79 Å². The van der Waals surface area contributed by atoms with E-state index in [1.165, 1.54) is 11.8 Å². The zero-order valence-electron chi connectivity index (χ0n) is 12.7. The Morgan fingerprint density at radius 1 is 1.29 bits per heavy atom. The van der Waals surface area contributed by atoms with Crippen LogP contribution < -0.4 is 4.74 Å². The van der Waals surface area contributed by atoms with Crippen LogP contribution in [-0.4, -0.2) is 29.4 Å². The maximum atomic E-state index is 12.0. The van der Waals surface area contributed by atoms with Crippen molar-refractivity contribution in [2.45, 2.75) is 30.5 Å². The molecule has 0 amide bonds. The van der Waals surface area contributed by atoms with Crippen molar-refractivity contribution >= 4 is 28.5 Å². The number of thioether (sulfide) groups is 1. The molecule has 1 aromatic carbocycles. The minimum absolute atomic E-state index is 0.239. The van der Waals surface area contributed by atoms with Crippen molar-refractivity contribution in [3.8, 4) is 5.75 Å². The largest absolute Gasteiger partial charge is 0.496 e. The highest BCUT2D eigenvalue weighted by molar-refractivity contribution is 8.01. The van der Waals surface area contributed by atoms with Crippen LogP contribution in [0.3, 0.4) is 0 Å². The highest BCUT2D eigenvalue weighted by atomic mass is 32.2. The van der Waals surface area contributed by atoms with Crippen LogP contribution in [-0.2, 0) is 9.53 Å². The zero-order valence-corrected chi connectivity index (χ0v) is 13.5. The third-order valence-corrected chi connectivity index (χ3v) is 4.26. The van der Waals surface area contributed by atoms with Gasteiger partial charge < -0.3 is 9.47 Å². The van der Waals surface area contributed by atoms with Crippen molar-refractivity contribution in [3.63, 3.8) is 0 Å². The smallest absolute Gasteiger partial charge is 0.322 e. The van der Waals surface area contributed by atoms with E-state index in [1.807, 2.05) is 38.1 Å². The lowest BCUT2D eigenvalue weighted by Gasteiger charge is -2.21. The fourth-order valence-corrected chi connectivity index (χ4v) is 3.03. The maximum Gasteiger partial charge on any atom is 0.322 e. The Morgan fingerprint density at radius 2 is 2.05 bits per heavy atom. The molecule has 0 fully saturated rings. The average molecular weight is 305 g/mol. The fraction of sp³-hybridized carbons (Fsp3) is 0.375. The van der Waals surface area contributed by atoms with Crippen molar-refractivity contribution in [1.82, 2.24) is 4.98 Å². The van der Waals surface area contributed by atoms with Crippen molar-refractivity contribution < 1.29 is 14.3 Å². The Hall–Kier alpha value is -1.75. The van der Waals surface area contributed by atoms with E-state index in [4.69, 9.17) is 9.47 Å². The van der Waals surface area contributed by atoms with Crippen LogP contribution >= 0.6 is 11.8 Å². The van der Waals surface area contributed by atoms with Crippen LogP contribution in [0, 0.1) is 0 Å². The Kier molecular flexibility index (Phi) is 4.73. The minimum Gasteiger partial charge on any atom is -0.496 e. The number of ether oxygens (including phenoxy) is 2. The molecule has 0 radical (unpaired) electrons. The average Bonchev–Trinajstić information content (AvgIpc) is 2.47. The van der Waals surface area contributed by atoms with Gasteiger partial charge in [-0.25, -0.2) is 4.98 Å². The molecule has 21 heavy (non-hydrogen) atoms. The van der Waals surface area contributed by atoms with Gasteiger partial charge in [0.15, 0.2) is 0 Å². The molecule has 0 atom stereocenters. The zero-order chi connectivity index (χ0) is 15.5. The Bertz CT molecular complexity index is 655. The number of fused-ring (bicyclic) bond motifs is 1. The van der Waals surface area contributed by atoms with Gasteiger partial charge in [-0.15, -0.1) is 0 Å². The summed E-state index contributed by atoms with van der Waals surface area (Å²) in [6.45, 7) is 5.87. The summed E-state index contributed by atoms with van der Waals surface area (Å²) >= 11 is 1.40. The van der Waals surface area contributed by atoms with Gasteiger partial charge in [0, 0.05) is 17.0 Å². The number of aromatic nitrogens is 1. The molecule has 2 rings (SSSR count). The van der Waals surface area contributed by atoms with Gasteiger partial charge in [0.2, 0.25) is 0 Å². The molecule has 0 saturated heterocycles. The first-order valence-corrected chi connectivity index (χ1v) is 7.59. The normalized spacial score (nSPS) is 11.4. The number of esters is 1. The van der Waals surface area contributed by atoms with Crippen molar-refractivity contribution in [3.05, 3.63) is 30.5 Å². The maximum absolute atomic E-state index is 12.0. The summed E-state index contributed by atoms with van der Waals surface area (Å²) in [6, 6.07) is 7.72. The molecular weight excluding hydrogens is 286 g/mol. The first-order valence-electron chi connectivity index (χ1n) is 6.77. The SMILES string of the molecule is CCOC(=O)C(C)(C)Sc1nccc2c(OC)cccc12. The van der Waals surface area contributed by atoms with E-state index in [-0.39, 0.29) is 5.97 Å². The van der Waals surface area contributed by atoms with E-state index >= 15 is 0 Å². The van der Waals surface area contributed by atoms with Gasteiger partial charge in [-0.1, -0.05) is 23.9 Å². The van der Waals surface area contributed by atoms with E-state index in [0.717, 1.165) is 21.5 Å². The summed E-state index contributed by atoms with van der Waals surface area (Å²) < 4.78 is 9.80. The molecule has 1 aromatic heterocycles. The number of hydrogen-bond acceptors (Lipinski definition) is 5. The van der Waals surface area contributed by atoms with Crippen LogP contribution in [0.25, 0.3) is 10.8 Å². The highest BCUT2D eigenvalue weighted by Gasteiger charge is 2.31. The second kappa shape index (κ2) is 6.35. The summed E-state index contributed by atoms with van der Waals surface area (Å²) in [6.07, 6.45) is 1.73. The summed E-state index contributed by atoms with van der Waals surface area (Å²) in [5.41, 5.74) is 0. The lowest BCUT2D eigenvalue weighted by atomic mass is 10.1. The fourth-order valence-electron chi connectivity index (χ4n) is 2.00. The van der Waals surface area contributed by atoms with Crippen LogP contribution in [0.15, 0.2) is 35.5 Å². The van der Waals surface area contributed by atoms with E-state index in [2.05, 4.69) is 4.98 Å². The van der Waals surface area contributed by atoms with Crippen LogP contribution in [0.4, 0.5) is 0 Å². The molecule has 0 saturated carbocycles. The van der Waals surface area contributed by atoms with Crippen LogP contribution in [0.5, 0.6) is 5.75 Å². The van der Waals surface area contributed by atoms with Gasteiger partial charge in [0.25, 0.3) is 0 Å². The standard InChI is InChI=1S/C16H19NO3S/c1-5-20-15(18)16(2,3)21-14-12-7-6-8-13(19-4)11(12)9-10-17-14/h6-10H,5H2,1-4H3. The molecule has 1 heterocycles. The van der Waals surface area contributed by atoms with Crippen molar-refractivity contribution in [2.24, 2.45) is 0 Å². The topological polar surface area (TPSA) is 48.4 Å². The number of carbonyl (C=O) groups is 1.